The van der Waals surface area contributed by atoms with Gasteiger partial charge in [-0.15, -0.1) is 12.4 Å². The van der Waals surface area contributed by atoms with Crippen LogP contribution in [0.3, 0.4) is 0 Å². The molecule has 1 atom stereocenters. The lowest BCUT2D eigenvalue weighted by molar-refractivity contribution is -0.384. The van der Waals surface area contributed by atoms with Crippen LogP contribution in [0.25, 0.3) is 0 Å². The largest absolute Gasteiger partial charge is 0.362 e. The summed E-state index contributed by atoms with van der Waals surface area (Å²) < 4.78 is 0. The maximum atomic E-state index is 12.5. The van der Waals surface area contributed by atoms with Crippen LogP contribution in [0, 0.1) is 10.1 Å². The summed E-state index contributed by atoms with van der Waals surface area (Å²) in [6, 6.07) is 6.74. The Morgan fingerprint density at radius 2 is 1.88 bits per heavy atom. The third-order valence-corrected chi connectivity index (χ3v) is 4.62. The Labute approximate surface area is 147 Å². The SMILES string of the molecule is Cl.O=C(C1CCCCN1)N1CCN(c2ccccc2[N+](=O)[O-])CC1. The number of nitrogens with one attached hydrogen (secondary N) is 1. The number of anilines is 1. The van der Waals surface area contributed by atoms with Crippen LogP contribution in [0.2, 0.25) is 0 Å². The fraction of sp³-hybridized carbons (Fsp3) is 0.562. The van der Waals surface area contributed by atoms with E-state index in [4.69, 9.17) is 0 Å². The highest BCUT2D eigenvalue weighted by Gasteiger charge is 2.29. The quantitative estimate of drug-likeness (QED) is 0.661. The van der Waals surface area contributed by atoms with Gasteiger partial charge in [-0.05, 0) is 25.5 Å². The summed E-state index contributed by atoms with van der Waals surface area (Å²) in [5.74, 6) is 0.173. The molecule has 0 spiro atoms. The average Bonchev–Trinajstić information content (AvgIpc) is 2.62. The molecule has 1 aromatic carbocycles. The highest BCUT2D eigenvalue weighted by Crippen LogP contribution is 2.28. The minimum absolute atomic E-state index is 0. The number of rotatable bonds is 3. The number of hydrogen-bond acceptors (Lipinski definition) is 5. The van der Waals surface area contributed by atoms with Crippen LogP contribution in [0.4, 0.5) is 11.4 Å². The summed E-state index contributed by atoms with van der Waals surface area (Å²) in [5.41, 5.74) is 0.765. The molecule has 2 heterocycles. The van der Waals surface area contributed by atoms with Gasteiger partial charge in [-0.25, -0.2) is 0 Å². The van der Waals surface area contributed by atoms with E-state index < -0.39 is 0 Å². The number of amides is 1. The molecule has 2 aliphatic rings. The fourth-order valence-electron chi connectivity index (χ4n) is 3.34. The summed E-state index contributed by atoms with van der Waals surface area (Å²) >= 11 is 0. The molecule has 132 valence electrons. The fourth-order valence-corrected chi connectivity index (χ4v) is 3.34. The first-order valence-electron chi connectivity index (χ1n) is 8.17. The molecule has 0 aliphatic carbocycles. The van der Waals surface area contributed by atoms with Gasteiger partial charge in [0.25, 0.3) is 5.69 Å². The molecule has 2 fully saturated rings. The minimum Gasteiger partial charge on any atom is -0.362 e. The van der Waals surface area contributed by atoms with Gasteiger partial charge in [-0.1, -0.05) is 18.6 Å². The standard InChI is InChI=1S/C16H22N4O3.ClH/c21-16(13-5-3-4-8-17-13)19-11-9-18(10-12-19)14-6-1-2-7-15(14)20(22)23;/h1-2,6-7,13,17H,3-5,8-12H2;1H. The highest BCUT2D eigenvalue weighted by molar-refractivity contribution is 5.85. The van der Waals surface area contributed by atoms with Gasteiger partial charge in [0.2, 0.25) is 5.91 Å². The Balaban J connectivity index is 0.00000208. The third kappa shape index (κ3) is 3.96. The Morgan fingerprint density at radius 1 is 1.17 bits per heavy atom. The van der Waals surface area contributed by atoms with Gasteiger partial charge in [0.05, 0.1) is 11.0 Å². The van der Waals surface area contributed by atoms with Crippen molar-refractivity contribution >= 4 is 29.7 Å². The van der Waals surface area contributed by atoms with Crippen molar-refractivity contribution in [2.45, 2.75) is 25.3 Å². The molecule has 0 saturated carbocycles. The van der Waals surface area contributed by atoms with E-state index in [2.05, 4.69) is 5.32 Å². The molecule has 0 radical (unpaired) electrons. The van der Waals surface area contributed by atoms with Gasteiger partial charge >= 0.3 is 0 Å². The molecule has 2 saturated heterocycles. The van der Waals surface area contributed by atoms with Crippen LogP contribution in [0.1, 0.15) is 19.3 Å². The molecule has 2 aliphatic heterocycles. The van der Waals surface area contributed by atoms with Crippen molar-refractivity contribution in [2.24, 2.45) is 0 Å². The number of benzene rings is 1. The first-order valence-corrected chi connectivity index (χ1v) is 8.17. The van der Waals surface area contributed by atoms with E-state index in [9.17, 15) is 14.9 Å². The molecule has 1 amide bonds. The molecule has 0 bridgehead atoms. The topological polar surface area (TPSA) is 78.7 Å². The Hall–Kier alpha value is -1.86. The lowest BCUT2D eigenvalue weighted by Crippen LogP contribution is -2.55. The van der Waals surface area contributed by atoms with Crippen LogP contribution in [-0.2, 0) is 4.79 Å². The molecule has 8 heteroatoms. The lowest BCUT2D eigenvalue weighted by Gasteiger charge is -2.38. The molecule has 7 nitrogen and oxygen atoms in total. The van der Waals surface area contributed by atoms with Crippen LogP contribution in [0.5, 0.6) is 0 Å². The number of piperazine rings is 1. The lowest BCUT2D eigenvalue weighted by atomic mass is 10.0. The van der Waals surface area contributed by atoms with Crippen molar-refractivity contribution in [1.29, 1.82) is 0 Å². The van der Waals surface area contributed by atoms with E-state index in [1.54, 1.807) is 12.1 Å². The van der Waals surface area contributed by atoms with Gasteiger partial charge in [0.1, 0.15) is 5.69 Å². The molecule has 3 rings (SSSR count). The number of halogens is 1. The summed E-state index contributed by atoms with van der Waals surface area (Å²) in [7, 11) is 0. The number of carbonyl (C=O) groups is 1. The molecular formula is C16H23ClN4O3. The second-order valence-electron chi connectivity index (χ2n) is 6.06. The van der Waals surface area contributed by atoms with Crippen molar-refractivity contribution in [3.05, 3.63) is 34.4 Å². The number of nitro groups is 1. The van der Waals surface area contributed by atoms with Crippen molar-refractivity contribution < 1.29 is 9.72 Å². The van der Waals surface area contributed by atoms with Crippen LogP contribution in [0.15, 0.2) is 24.3 Å². The number of nitro benzene ring substituents is 1. The monoisotopic (exact) mass is 354 g/mol. The van der Waals surface area contributed by atoms with Crippen molar-refractivity contribution in [3.8, 4) is 0 Å². The minimum atomic E-state index is -0.348. The van der Waals surface area contributed by atoms with Gasteiger partial charge in [-0.2, -0.15) is 0 Å². The van der Waals surface area contributed by atoms with Crippen molar-refractivity contribution in [1.82, 2.24) is 10.2 Å². The van der Waals surface area contributed by atoms with Crippen molar-refractivity contribution in [3.63, 3.8) is 0 Å². The number of para-hydroxylation sites is 2. The predicted molar refractivity (Wildman–Crippen MR) is 94.8 cm³/mol. The van der Waals surface area contributed by atoms with E-state index in [1.165, 1.54) is 6.07 Å². The van der Waals surface area contributed by atoms with Crippen molar-refractivity contribution in [2.75, 3.05) is 37.6 Å². The highest BCUT2D eigenvalue weighted by atomic mass is 35.5. The average molecular weight is 355 g/mol. The summed E-state index contributed by atoms with van der Waals surface area (Å²) in [5, 5.41) is 14.4. The van der Waals surface area contributed by atoms with Gasteiger partial charge in [0.15, 0.2) is 0 Å². The number of nitrogens with zero attached hydrogens (tertiary/aromatic N) is 3. The van der Waals surface area contributed by atoms with E-state index >= 15 is 0 Å². The Kier molecular flexibility index (Phi) is 6.39. The zero-order valence-corrected chi connectivity index (χ0v) is 14.3. The predicted octanol–water partition coefficient (Wildman–Crippen LogP) is 1.81. The molecule has 24 heavy (non-hydrogen) atoms. The number of hydrogen-bond donors (Lipinski definition) is 1. The second kappa shape index (κ2) is 8.30. The first kappa shape index (κ1) is 18.5. The maximum Gasteiger partial charge on any atom is 0.292 e. The van der Waals surface area contributed by atoms with E-state index in [0.29, 0.717) is 31.9 Å². The molecular weight excluding hydrogens is 332 g/mol. The van der Waals surface area contributed by atoms with Crippen LogP contribution >= 0.6 is 12.4 Å². The van der Waals surface area contributed by atoms with Crippen LogP contribution in [-0.4, -0.2) is 54.5 Å². The Morgan fingerprint density at radius 3 is 2.50 bits per heavy atom. The van der Waals surface area contributed by atoms with Gasteiger partial charge in [0, 0.05) is 32.2 Å². The first-order chi connectivity index (χ1) is 11.2. The maximum absolute atomic E-state index is 12.5. The second-order valence-corrected chi connectivity index (χ2v) is 6.06. The molecule has 1 unspecified atom stereocenters. The molecule has 0 aromatic heterocycles. The zero-order valence-electron chi connectivity index (χ0n) is 13.5. The molecule has 1 aromatic rings. The summed E-state index contributed by atoms with van der Waals surface area (Å²) in [6.07, 6.45) is 3.14. The summed E-state index contributed by atoms with van der Waals surface area (Å²) in [4.78, 5) is 27.2. The van der Waals surface area contributed by atoms with E-state index in [1.807, 2.05) is 15.9 Å². The normalized spacial score (nSPS) is 21.1. The zero-order chi connectivity index (χ0) is 16.2. The summed E-state index contributed by atoms with van der Waals surface area (Å²) in [6.45, 7) is 3.39. The number of carbonyl (C=O) groups excluding carboxylic acids is 1. The molecule has 1 N–H and O–H groups in total. The third-order valence-electron chi connectivity index (χ3n) is 4.62. The van der Waals surface area contributed by atoms with Crippen LogP contribution < -0.4 is 10.2 Å². The van der Waals surface area contributed by atoms with Gasteiger partial charge in [-0.3, -0.25) is 14.9 Å². The number of piperidine rings is 1. The smallest absolute Gasteiger partial charge is 0.292 e. The van der Waals surface area contributed by atoms with Gasteiger partial charge < -0.3 is 15.1 Å². The van der Waals surface area contributed by atoms with E-state index in [0.717, 1.165) is 25.8 Å². The van der Waals surface area contributed by atoms with E-state index in [-0.39, 0.29) is 35.0 Å². The Bertz CT molecular complexity index is 584.